The molecule has 0 aliphatic heterocycles. The number of non-ortho nitro benzene ring substituents is 1. The largest absolute Gasteiger partial charge is 0.324 e. The molecule has 27 heavy (non-hydrogen) atoms. The van der Waals surface area contributed by atoms with E-state index in [1.807, 2.05) is 6.07 Å². The molecule has 1 aromatic heterocycles. The molecule has 0 unspecified atom stereocenters. The predicted molar refractivity (Wildman–Crippen MR) is 104 cm³/mol. The summed E-state index contributed by atoms with van der Waals surface area (Å²) >= 11 is 13.1. The van der Waals surface area contributed by atoms with Crippen LogP contribution in [0.4, 0.5) is 11.4 Å². The number of thioether (sulfide) groups is 1. The summed E-state index contributed by atoms with van der Waals surface area (Å²) < 4.78 is 1.70. The summed E-state index contributed by atoms with van der Waals surface area (Å²) in [5, 5.41) is 22.5. The number of nitro groups is 1. The SMILES string of the molecule is O=C(CSc1nncn1-c1cccc(Cl)c1)Nc1cc([N+](=O)[O-])ccc1Cl. The minimum Gasteiger partial charge on any atom is -0.324 e. The van der Waals surface area contributed by atoms with Crippen molar-refractivity contribution in [1.29, 1.82) is 0 Å². The minimum absolute atomic E-state index is 0.0122. The van der Waals surface area contributed by atoms with E-state index in [0.717, 1.165) is 17.4 Å². The molecule has 1 amide bonds. The average Bonchev–Trinajstić information content (AvgIpc) is 3.10. The quantitative estimate of drug-likeness (QED) is 0.361. The lowest BCUT2D eigenvalue weighted by Crippen LogP contribution is -2.15. The summed E-state index contributed by atoms with van der Waals surface area (Å²) in [4.78, 5) is 22.5. The second kappa shape index (κ2) is 8.38. The highest BCUT2D eigenvalue weighted by Gasteiger charge is 2.14. The van der Waals surface area contributed by atoms with Gasteiger partial charge in [0, 0.05) is 17.2 Å². The average molecular weight is 424 g/mol. The molecule has 3 aromatic rings. The summed E-state index contributed by atoms with van der Waals surface area (Å²) in [6.45, 7) is 0. The van der Waals surface area contributed by atoms with E-state index in [1.165, 1.54) is 24.5 Å². The Hall–Kier alpha value is -2.62. The Labute approximate surface area is 167 Å². The first-order valence-corrected chi connectivity index (χ1v) is 9.21. The number of anilines is 1. The van der Waals surface area contributed by atoms with Crippen LogP contribution in [0.1, 0.15) is 0 Å². The summed E-state index contributed by atoms with van der Waals surface area (Å²) in [7, 11) is 0. The molecule has 0 aliphatic carbocycles. The van der Waals surface area contributed by atoms with Crippen molar-refractivity contribution in [2.45, 2.75) is 5.16 Å². The lowest BCUT2D eigenvalue weighted by Gasteiger charge is -2.08. The van der Waals surface area contributed by atoms with Gasteiger partial charge in [0.05, 0.1) is 27.1 Å². The second-order valence-corrected chi connectivity index (χ2v) is 7.01. The number of carbonyl (C=O) groups excluding carboxylic acids is 1. The van der Waals surface area contributed by atoms with Crippen LogP contribution in [0, 0.1) is 10.1 Å². The maximum Gasteiger partial charge on any atom is 0.271 e. The van der Waals surface area contributed by atoms with Crippen molar-refractivity contribution in [2.24, 2.45) is 0 Å². The minimum atomic E-state index is -0.561. The number of carbonyl (C=O) groups is 1. The van der Waals surface area contributed by atoms with Gasteiger partial charge >= 0.3 is 0 Å². The predicted octanol–water partition coefficient (Wildman–Crippen LogP) is 4.21. The first kappa shape index (κ1) is 19.2. The van der Waals surface area contributed by atoms with Gasteiger partial charge in [-0.05, 0) is 24.3 Å². The third kappa shape index (κ3) is 4.76. The molecular formula is C16H11Cl2N5O3S. The molecule has 8 nitrogen and oxygen atoms in total. The summed E-state index contributed by atoms with van der Waals surface area (Å²) in [5.41, 5.74) is 0.771. The zero-order valence-electron chi connectivity index (χ0n) is 13.5. The molecule has 0 aliphatic rings. The van der Waals surface area contributed by atoms with Crippen molar-refractivity contribution in [2.75, 3.05) is 11.1 Å². The Morgan fingerprint density at radius 3 is 2.81 bits per heavy atom. The van der Waals surface area contributed by atoms with Gasteiger partial charge in [-0.1, -0.05) is 41.0 Å². The van der Waals surface area contributed by atoms with Crippen molar-refractivity contribution in [3.05, 3.63) is 69.0 Å². The fourth-order valence-electron chi connectivity index (χ4n) is 2.16. The van der Waals surface area contributed by atoms with Crippen molar-refractivity contribution in [1.82, 2.24) is 14.8 Å². The molecule has 11 heteroatoms. The summed E-state index contributed by atoms with van der Waals surface area (Å²) in [6.07, 6.45) is 1.52. The molecule has 0 fully saturated rings. The Morgan fingerprint density at radius 1 is 1.26 bits per heavy atom. The zero-order chi connectivity index (χ0) is 19.4. The third-order valence-corrected chi connectivity index (χ3v) is 4.88. The Morgan fingerprint density at radius 2 is 2.07 bits per heavy atom. The lowest BCUT2D eigenvalue weighted by molar-refractivity contribution is -0.384. The smallest absolute Gasteiger partial charge is 0.271 e. The van der Waals surface area contributed by atoms with Crippen LogP contribution in [-0.4, -0.2) is 31.3 Å². The number of aromatic nitrogens is 3. The fourth-order valence-corrected chi connectivity index (χ4v) is 3.24. The molecule has 0 spiro atoms. The van der Waals surface area contributed by atoms with Crippen molar-refractivity contribution < 1.29 is 9.72 Å². The number of rotatable bonds is 6. The molecule has 0 bridgehead atoms. The molecule has 2 aromatic carbocycles. The number of nitro benzene ring substituents is 1. The Kier molecular flexibility index (Phi) is 5.94. The number of hydrogen-bond donors (Lipinski definition) is 1. The number of halogens is 2. The fraction of sp³-hybridized carbons (Fsp3) is 0.0625. The van der Waals surface area contributed by atoms with Crippen molar-refractivity contribution >= 4 is 52.2 Å². The van der Waals surface area contributed by atoms with Crippen molar-refractivity contribution in [3.8, 4) is 5.69 Å². The number of hydrogen-bond acceptors (Lipinski definition) is 6. The second-order valence-electron chi connectivity index (χ2n) is 5.22. The van der Waals surface area contributed by atoms with Crippen LogP contribution in [0.5, 0.6) is 0 Å². The highest BCUT2D eigenvalue weighted by atomic mass is 35.5. The lowest BCUT2D eigenvalue weighted by atomic mass is 10.3. The van der Waals surface area contributed by atoms with Crippen LogP contribution in [-0.2, 0) is 4.79 Å². The Balaban J connectivity index is 1.68. The number of amides is 1. The van der Waals surface area contributed by atoms with E-state index in [0.29, 0.717) is 10.2 Å². The van der Waals surface area contributed by atoms with Crippen LogP contribution >= 0.6 is 35.0 Å². The maximum absolute atomic E-state index is 12.2. The van der Waals surface area contributed by atoms with Gasteiger partial charge in [-0.15, -0.1) is 10.2 Å². The van der Waals surface area contributed by atoms with Gasteiger partial charge in [0.15, 0.2) is 5.16 Å². The monoisotopic (exact) mass is 423 g/mol. The van der Waals surface area contributed by atoms with Gasteiger partial charge in [-0.25, -0.2) is 0 Å². The number of nitrogens with one attached hydrogen (secondary N) is 1. The van der Waals surface area contributed by atoms with Crippen LogP contribution in [0.2, 0.25) is 10.0 Å². The molecule has 1 N–H and O–H groups in total. The zero-order valence-corrected chi connectivity index (χ0v) is 15.8. The standard InChI is InChI=1S/C16H11Cl2N5O3S/c17-10-2-1-3-11(6-10)22-9-19-21-16(22)27-8-15(24)20-14-7-12(23(25)26)4-5-13(14)18/h1-7,9H,8H2,(H,20,24). The number of benzene rings is 2. The van der Waals surface area contributed by atoms with Gasteiger partial charge in [0.1, 0.15) is 6.33 Å². The van der Waals surface area contributed by atoms with Crippen LogP contribution < -0.4 is 5.32 Å². The van der Waals surface area contributed by atoms with Gasteiger partial charge in [-0.3, -0.25) is 19.5 Å². The highest BCUT2D eigenvalue weighted by Crippen LogP contribution is 2.27. The normalized spacial score (nSPS) is 10.6. The molecule has 0 saturated heterocycles. The molecule has 0 atom stereocenters. The van der Waals surface area contributed by atoms with Gasteiger partial charge in [-0.2, -0.15) is 0 Å². The summed E-state index contributed by atoms with van der Waals surface area (Å²) in [5.74, 6) is -0.374. The Bertz CT molecular complexity index is 1010. The van der Waals surface area contributed by atoms with E-state index >= 15 is 0 Å². The molecular weight excluding hydrogens is 413 g/mol. The van der Waals surface area contributed by atoms with E-state index in [1.54, 1.807) is 22.8 Å². The first-order chi connectivity index (χ1) is 12.9. The van der Waals surface area contributed by atoms with E-state index < -0.39 is 4.92 Å². The van der Waals surface area contributed by atoms with E-state index in [-0.39, 0.29) is 28.1 Å². The van der Waals surface area contributed by atoms with Gasteiger partial charge in [0.2, 0.25) is 5.91 Å². The topological polar surface area (TPSA) is 103 Å². The van der Waals surface area contributed by atoms with E-state index in [2.05, 4.69) is 15.5 Å². The van der Waals surface area contributed by atoms with E-state index in [9.17, 15) is 14.9 Å². The molecule has 1 heterocycles. The third-order valence-electron chi connectivity index (χ3n) is 3.37. The molecule has 0 radical (unpaired) electrons. The van der Waals surface area contributed by atoms with Crippen LogP contribution in [0.3, 0.4) is 0 Å². The van der Waals surface area contributed by atoms with Crippen LogP contribution in [0.15, 0.2) is 53.9 Å². The van der Waals surface area contributed by atoms with Gasteiger partial charge in [0.25, 0.3) is 5.69 Å². The summed E-state index contributed by atoms with van der Waals surface area (Å²) in [6, 6.07) is 11.0. The van der Waals surface area contributed by atoms with Crippen LogP contribution in [0.25, 0.3) is 5.69 Å². The number of nitrogens with zero attached hydrogens (tertiary/aromatic N) is 4. The highest BCUT2D eigenvalue weighted by molar-refractivity contribution is 7.99. The van der Waals surface area contributed by atoms with E-state index in [4.69, 9.17) is 23.2 Å². The molecule has 0 saturated carbocycles. The molecule has 3 rings (SSSR count). The van der Waals surface area contributed by atoms with Gasteiger partial charge < -0.3 is 5.32 Å². The first-order valence-electron chi connectivity index (χ1n) is 7.46. The molecule has 138 valence electrons. The maximum atomic E-state index is 12.2. The van der Waals surface area contributed by atoms with Crippen molar-refractivity contribution in [3.63, 3.8) is 0 Å².